The van der Waals surface area contributed by atoms with E-state index >= 15 is 0 Å². The highest BCUT2D eigenvalue weighted by molar-refractivity contribution is 6.37. The van der Waals surface area contributed by atoms with Gasteiger partial charge >= 0.3 is 6.03 Å². The van der Waals surface area contributed by atoms with E-state index in [0.717, 1.165) is 11.5 Å². The zero-order valence-electron chi connectivity index (χ0n) is 29.5. The monoisotopic (exact) mass is 675 g/mol. The number of carbonyl (C=O) groups is 5. The number of benzene rings is 1. The molecular weight excluding hydrogens is 620 g/mol. The highest BCUT2D eigenvalue weighted by atomic mass is 19.3. The SMILES string of the molecule is CC(NC(=O)C1C[C@@H](C(C)C)CN1C(=O)C(NC(=O)NC1(Cc2ccccc2)CCC(F)(F)CC1)C(C)(C)C)C(=O)C(N)=O.CC1CC1. The average molecular weight is 676 g/mol. The second-order valence-electron chi connectivity index (χ2n) is 15.6. The molecule has 1 aliphatic heterocycles. The second kappa shape index (κ2) is 15.8. The van der Waals surface area contributed by atoms with Gasteiger partial charge in [-0.3, -0.25) is 19.2 Å². The Kier molecular flexibility index (Phi) is 12.8. The maximum absolute atomic E-state index is 14.2. The number of amides is 5. The van der Waals surface area contributed by atoms with E-state index in [1.165, 1.54) is 24.7 Å². The molecule has 5 N–H and O–H groups in total. The summed E-state index contributed by atoms with van der Waals surface area (Å²) in [5.41, 5.74) is 4.27. The van der Waals surface area contributed by atoms with Crippen LogP contribution in [0.15, 0.2) is 30.3 Å². The third-order valence-corrected chi connectivity index (χ3v) is 9.81. The van der Waals surface area contributed by atoms with Crippen molar-refractivity contribution in [1.82, 2.24) is 20.9 Å². The van der Waals surface area contributed by atoms with E-state index in [-0.39, 0.29) is 44.1 Å². The van der Waals surface area contributed by atoms with Crippen LogP contribution in [0, 0.1) is 23.2 Å². The van der Waals surface area contributed by atoms with Gasteiger partial charge in [-0.1, -0.05) is 84.7 Å². The van der Waals surface area contributed by atoms with Crippen molar-refractivity contribution in [1.29, 1.82) is 0 Å². The first-order valence-electron chi connectivity index (χ1n) is 17.2. The standard InChI is InChI=1S/C32H47F2N5O5.C4H8/c1-19(2)22-16-23(27(42)36-20(3)24(40)26(35)41)39(18-22)28(43)25(30(4,5)6)37-29(44)38-31(12-14-32(33,34)15-13-31)17-21-10-8-7-9-11-21;1-4-2-3-4/h7-11,19-20,22-23,25H,12-18H2,1-6H3,(H2,35,41)(H,36,42)(H2,37,38,44);4H,2-3H2,1H3/t20?,22-,23?,25?;/m1./s1. The fourth-order valence-corrected chi connectivity index (χ4v) is 6.25. The molecule has 10 nitrogen and oxygen atoms in total. The van der Waals surface area contributed by atoms with Gasteiger partial charge in [-0.25, -0.2) is 13.6 Å². The number of halogens is 2. The number of nitrogens with one attached hydrogen (secondary N) is 3. The third-order valence-electron chi connectivity index (χ3n) is 9.81. The Hall–Kier alpha value is -3.57. The van der Waals surface area contributed by atoms with Crippen molar-refractivity contribution in [2.24, 2.45) is 28.9 Å². The number of ketones is 1. The van der Waals surface area contributed by atoms with Crippen LogP contribution in [0.3, 0.4) is 0 Å². The number of urea groups is 1. The summed E-state index contributed by atoms with van der Waals surface area (Å²) < 4.78 is 28.3. The molecule has 48 heavy (non-hydrogen) atoms. The minimum absolute atomic E-state index is 0.0238. The van der Waals surface area contributed by atoms with E-state index in [9.17, 15) is 32.8 Å². The topological polar surface area (TPSA) is 151 Å². The van der Waals surface area contributed by atoms with Gasteiger partial charge in [0.2, 0.25) is 23.5 Å². The van der Waals surface area contributed by atoms with Crippen LogP contribution >= 0.6 is 0 Å². The number of carbonyl (C=O) groups excluding carboxylic acids is 5. The number of alkyl halides is 2. The van der Waals surface area contributed by atoms with E-state index in [1.807, 2.05) is 44.2 Å². The van der Waals surface area contributed by atoms with Crippen LogP contribution in [0.25, 0.3) is 0 Å². The maximum atomic E-state index is 14.2. The molecule has 268 valence electrons. The lowest BCUT2D eigenvalue weighted by atomic mass is 9.76. The molecule has 4 atom stereocenters. The second-order valence-corrected chi connectivity index (χ2v) is 15.6. The quantitative estimate of drug-likeness (QED) is 0.264. The highest BCUT2D eigenvalue weighted by Gasteiger charge is 2.48. The third kappa shape index (κ3) is 11.0. The first-order chi connectivity index (χ1) is 22.2. The molecule has 2 aliphatic carbocycles. The first-order valence-corrected chi connectivity index (χ1v) is 17.2. The Bertz CT molecular complexity index is 1300. The van der Waals surface area contributed by atoms with Crippen molar-refractivity contribution < 1.29 is 32.8 Å². The number of primary amides is 1. The lowest BCUT2D eigenvalue weighted by Crippen LogP contribution is -2.63. The van der Waals surface area contributed by atoms with Crippen LogP contribution in [-0.4, -0.2) is 70.6 Å². The molecule has 4 rings (SSSR count). The number of nitrogens with zero attached hydrogens (tertiary/aromatic N) is 1. The van der Waals surface area contributed by atoms with Crippen molar-refractivity contribution >= 4 is 29.5 Å². The van der Waals surface area contributed by atoms with E-state index < -0.39 is 64.5 Å². The largest absolute Gasteiger partial charge is 0.363 e. The molecule has 2 saturated carbocycles. The summed E-state index contributed by atoms with van der Waals surface area (Å²) in [7, 11) is 0. The number of nitrogens with two attached hydrogens (primary N) is 1. The van der Waals surface area contributed by atoms with Crippen molar-refractivity contribution in [3.8, 4) is 0 Å². The van der Waals surface area contributed by atoms with Gasteiger partial charge < -0.3 is 26.6 Å². The summed E-state index contributed by atoms with van der Waals surface area (Å²) in [4.78, 5) is 65.8. The number of hydrogen-bond donors (Lipinski definition) is 4. The fourth-order valence-electron chi connectivity index (χ4n) is 6.25. The lowest BCUT2D eigenvalue weighted by Gasteiger charge is -2.42. The normalized spacial score (nSPS) is 22.8. The zero-order valence-corrected chi connectivity index (χ0v) is 29.5. The van der Waals surface area contributed by atoms with Crippen molar-refractivity contribution in [2.45, 2.75) is 129 Å². The van der Waals surface area contributed by atoms with Gasteiger partial charge in [-0.05, 0) is 61.3 Å². The maximum Gasteiger partial charge on any atom is 0.315 e. The molecule has 0 aromatic heterocycles. The summed E-state index contributed by atoms with van der Waals surface area (Å²) in [6.07, 6.45) is 3.09. The molecular formula is C36H55F2N5O5. The van der Waals surface area contributed by atoms with Gasteiger partial charge in [-0.2, -0.15) is 0 Å². The van der Waals surface area contributed by atoms with Gasteiger partial charge in [0.05, 0.1) is 6.04 Å². The van der Waals surface area contributed by atoms with Crippen LogP contribution in [0.5, 0.6) is 0 Å². The van der Waals surface area contributed by atoms with Crippen LogP contribution in [0.2, 0.25) is 0 Å². The molecule has 0 spiro atoms. The Balaban J connectivity index is 0.00000145. The zero-order chi connectivity index (χ0) is 36.0. The van der Waals surface area contributed by atoms with Gasteiger partial charge in [0.1, 0.15) is 12.1 Å². The molecule has 1 aromatic rings. The summed E-state index contributed by atoms with van der Waals surface area (Å²) in [5, 5.41) is 8.29. The minimum Gasteiger partial charge on any atom is -0.363 e. The van der Waals surface area contributed by atoms with Crippen LogP contribution in [-0.2, 0) is 25.6 Å². The number of rotatable bonds is 10. The molecule has 3 unspecified atom stereocenters. The Morgan fingerprint density at radius 2 is 1.52 bits per heavy atom. The Morgan fingerprint density at radius 1 is 0.958 bits per heavy atom. The van der Waals surface area contributed by atoms with E-state index in [2.05, 4.69) is 22.9 Å². The van der Waals surface area contributed by atoms with E-state index in [1.54, 1.807) is 20.8 Å². The smallest absolute Gasteiger partial charge is 0.315 e. The van der Waals surface area contributed by atoms with Crippen molar-refractivity contribution in [2.75, 3.05) is 6.54 Å². The summed E-state index contributed by atoms with van der Waals surface area (Å²) in [6.45, 7) is 13.2. The van der Waals surface area contributed by atoms with E-state index in [4.69, 9.17) is 5.73 Å². The van der Waals surface area contributed by atoms with Crippen molar-refractivity contribution in [3.63, 3.8) is 0 Å². The number of likely N-dealkylation sites (tertiary alicyclic amines) is 1. The molecule has 12 heteroatoms. The first kappa shape index (κ1) is 38.9. The summed E-state index contributed by atoms with van der Waals surface area (Å²) in [5.74, 6) is -4.80. The molecule has 1 aromatic carbocycles. The molecule has 3 aliphatic rings. The fraction of sp³-hybridized carbons (Fsp3) is 0.694. The number of hydrogen-bond acceptors (Lipinski definition) is 5. The molecule has 0 radical (unpaired) electrons. The molecule has 1 saturated heterocycles. The minimum atomic E-state index is -2.81. The Labute approximate surface area is 283 Å². The predicted octanol–water partition coefficient (Wildman–Crippen LogP) is 4.74. The summed E-state index contributed by atoms with van der Waals surface area (Å²) >= 11 is 0. The van der Waals surface area contributed by atoms with Gasteiger partial charge in [-0.15, -0.1) is 0 Å². The molecule has 3 fully saturated rings. The van der Waals surface area contributed by atoms with Crippen molar-refractivity contribution in [3.05, 3.63) is 35.9 Å². The van der Waals surface area contributed by atoms with E-state index in [0.29, 0.717) is 12.8 Å². The molecule has 1 heterocycles. The molecule has 0 bridgehead atoms. The average Bonchev–Trinajstić information content (AvgIpc) is 3.64. The highest BCUT2D eigenvalue weighted by Crippen LogP contribution is 2.40. The van der Waals surface area contributed by atoms with Gasteiger partial charge in [0, 0.05) is 24.9 Å². The number of Topliss-reactive ketones (excluding diaryl/α,β-unsaturated/α-hetero) is 1. The van der Waals surface area contributed by atoms with Gasteiger partial charge in [0.15, 0.2) is 0 Å². The predicted molar refractivity (Wildman–Crippen MR) is 180 cm³/mol. The lowest BCUT2D eigenvalue weighted by molar-refractivity contribution is -0.143. The van der Waals surface area contributed by atoms with Crippen LogP contribution < -0.4 is 21.7 Å². The molecule has 5 amide bonds. The van der Waals surface area contributed by atoms with Crippen LogP contribution in [0.4, 0.5) is 13.6 Å². The Morgan fingerprint density at radius 3 is 2.00 bits per heavy atom. The summed E-state index contributed by atoms with van der Waals surface area (Å²) in [6, 6.07) is 5.52. The van der Waals surface area contributed by atoms with Crippen LogP contribution in [0.1, 0.15) is 99.0 Å². The van der Waals surface area contributed by atoms with Gasteiger partial charge in [0.25, 0.3) is 5.91 Å².